The second-order valence-corrected chi connectivity index (χ2v) is 6.84. The molecule has 6 nitrogen and oxygen atoms in total. The number of hydrogen-bond acceptors (Lipinski definition) is 4. The van der Waals surface area contributed by atoms with E-state index in [1.54, 1.807) is 55.5 Å². The second kappa shape index (κ2) is 9.80. The molecule has 1 aromatic heterocycles. The number of para-hydroxylation sites is 1. The first-order chi connectivity index (χ1) is 14.0. The van der Waals surface area contributed by atoms with Crippen LogP contribution in [-0.4, -0.2) is 29.4 Å². The van der Waals surface area contributed by atoms with Crippen molar-refractivity contribution in [2.24, 2.45) is 0 Å². The summed E-state index contributed by atoms with van der Waals surface area (Å²) in [5.41, 5.74) is 0.661. The first-order valence-electron chi connectivity index (χ1n) is 9.09. The number of carbonyl (C=O) groups excluding carboxylic acids is 2. The number of carbonyl (C=O) groups is 2. The van der Waals surface area contributed by atoms with E-state index in [0.29, 0.717) is 22.2 Å². The molecule has 0 bridgehead atoms. The molecule has 0 saturated heterocycles. The maximum atomic E-state index is 13.0. The molecule has 1 heterocycles. The van der Waals surface area contributed by atoms with Crippen LogP contribution in [0.1, 0.15) is 12.7 Å². The van der Waals surface area contributed by atoms with Crippen molar-refractivity contribution in [3.8, 4) is 5.75 Å². The Morgan fingerprint density at radius 3 is 2.45 bits per heavy atom. The number of benzene rings is 2. The van der Waals surface area contributed by atoms with Crippen LogP contribution < -0.4 is 10.1 Å². The van der Waals surface area contributed by atoms with Crippen LogP contribution in [0, 0.1) is 0 Å². The molecule has 0 aliphatic carbocycles. The highest BCUT2D eigenvalue weighted by Crippen LogP contribution is 2.18. The van der Waals surface area contributed by atoms with Crippen LogP contribution >= 0.6 is 11.6 Å². The monoisotopic (exact) mass is 412 g/mol. The lowest BCUT2D eigenvalue weighted by molar-refractivity contribution is -0.141. The maximum absolute atomic E-state index is 13.0. The van der Waals surface area contributed by atoms with E-state index < -0.39 is 6.10 Å². The highest BCUT2D eigenvalue weighted by atomic mass is 35.5. The van der Waals surface area contributed by atoms with E-state index >= 15 is 0 Å². The van der Waals surface area contributed by atoms with Crippen molar-refractivity contribution in [2.45, 2.75) is 19.6 Å². The fourth-order valence-electron chi connectivity index (χ4n) is 2.72. The summed E-state index contributed by atoms with van der Waals surface area (Å²) < 4.78 is 11.1. The minimum atomic E-state index is -0.796. The Balaban J connectivity index is 1.68. The van der Waals surface area contributed by atoms with Gasteiger partial charge in [0.25, 0.3) is 5.91 Å². The zero-order valence-corrected chi connectivity index (χ0v) is 16.6. The number of nitrogens with one attached hydrogen (secondary N) is 1. The zero-order chi connectivity index (χ0) is 20.6. The Kier molecular flexibility index (Phi) is 6.92. The van der Waals surface area contributed by atoms with Crippen molar-refractivity contribution in [1.29, 1.82) is 0 Å². The molecule has 2 amide bonds. The molecule has 0 spiro atoms. The Hall–Kier alpha value is -3.25. The summed E-state index contributed by atoms with van der Waals surface area (Å²) in [6.07, 6.45) is 0.728. The Morgan fingerprint density at radius 1 is 1.07 bits per heavy atom. The van der Waals surface area contributed by atoms with Crippen molar-refractivity contribution >= 4 is 29.1 Å². The first-order valence-corrected chi connectivity index (χ1v) is 9.47. The normalized spacial score (nSPS) is 11.5. The molecule has 7 heteroatoms. The Labute approximate surface area is 174 Å². The fourth-order valence-corrected chi connectivity index (χ4v) is 2.85. The van der Waals surface area contributed by atoms with Crippen LogP contribution in [-0.2, 0) is 16.1 Å². The molecule has 0 radical (unpaired) electrons. The van der Waals surface area contributed by atoms with E-state index in [0.717, 1.165) is 0 Å². The minimum Gasteiger partial charge on any atom is -0.481 e. The summed E-state index contributed by atoms with van der Waals surface area (Å²) in [6.45, 7) is 1.66. The van der Waals surface area contributed by atoms with Gasteiger partial charge < -0.3 is 19.4 Å². The van der Waals surface area contributed by atoms with Crippen molar-refractivity contribution < 1.29 is 18.7 Å². The van der Waals surface area contributed by atoms with E-state index in [-0.39, 0.29) is 24.9 Å². The number of rotatable bonds is 8. The lowest BCUT2D eigenvalue weighted by atomic mass is 10.2. The molecular weight excluding hydrogens is 392 g/mol. The van der Waals surface area contributed by atoms with Crippen molar-refractivity contribution in [3.05, 3.63) is 83.8 Å². The molecule has 0 saturated carbocycles. The predicted molar refractivity (Wildman–Crippen MR) is 111 cm³/mol. The number of nitrogens with zero attached hydrogens (tertiary/aromatic N) is 1. The number of furan rings is 1. The molecule has 1 N–H and O–H groups in total. The highest BCUT2D eigenvalue weighted by Gasteiger charge is 2.25. The van der Waals surface area contributed by atoms with Gasteiger partial charge in [-0.2, -0.15) is 0 Å². The van der Waals surface area contributed by atoms with Gasteiger partial charge in [0.05, 0.1) is 12.8 Å². The minimum absolute atomic E-state index is 0.136. The average Bonchev–Trinajstić information content (AvgIpc) is 3.22. The summed E-state index contributed by atoms with van der Waals surface area (Å²) in [6, 6.07) is 19.3. The van der Waals surface area contributed by atoms with E-state index in [1.165, 1.54) is 11.2 Å². The van der Waals surface area contributed by atoms with Gasteiger partial charge in [0.2, 0.25) is 5.91 Å². The molecule has 3 aromatic rings. The lowest BCUT2D eigenvalue weighted by Crippen LogP contribution is -2.43. The molecule has 1 unspecified atom stereocenters. The molecule has 2 aromatic carbocycles. The molecular formula is C22H21ClN2O4. The van der Waals surface area contributed by atoms with Crippen molar-refractivity contribution in [1.82, 2.24) is 4.90 Å². The maximum Gasteiger partial charge on any atom is 0.264 e. The Morgan fingerprint density at radius 2 is 1.79 bits per heavy atom. The number of halogens is 1. The van der Waals surface area contributed by atoms with Gasteiger partial charge in [0.15, 0.2) is 6.10 Å². The highest BCUT2D eigenvalue weighted by molar-refractivity contribution is 6.30. The molecule has 1 atom stereocenters. The van der Waals surface area contributed by atoms with Gasteiger partial charge in [-0.15, -0.1) is 0 Å². The molecule has 3 rings (SSSR count). The van der Waals surface area contributed by atoms with E-state index in [4.69, 9.17) is 20.8 Å². The first kappa shape index (κ1) is 20.5. The van der Waals surface area contributed by atoms with Crippen LogP contribution in [0.4, 0.5) is 5.69 Å². The topological polar surface area (TPSA) is 71.8 Å². The zero-order valence-electron chi connectivity index (χ0n) is 15.9. The van der Waals surface area contributed by atoms with Crippen molar-refractivity contribution in [2.75, 3.05) is 11.9 Å². The summed E-state index contributed by atoms with van der Waals surface area (Å²) >= 11 is 5.88. The average molecular weight is 413 g/mol. The number of ether oxygens (including phenoxy) is 1. The van der Waals surface area contributed by atoms with Gasteiger partial charge in [-0.3, -0.25) is 9.59 Å². The standard InChI is InChI=1S/C22H21ClN2O4/c1-16(29-19-11-9-17(23)10-12-19)22(27)25(14-20-8-5-13-28-20)15-21(26)24-18-6-3-2-4-7-18/h2-13,16H,14-15H2,1H3,(H,24,26). The SMILES string of the molecule is CC(Oc1ccc(Cl)cc1)C(=O)N(CC(=O)Nc1ccccc1)Cc1ccco1. The van der Waals surface area contributed by atoms with Crippen LogP contribution in [0.3, 0.4) is 0 Å². The molecule has 150 valence electrons. The molecule has 0 aliphatic heterocycles. The van der Waals surface area contributed by atoms with Gasteiger partial charge in [-0.05, 0) is 55.5 Å². The third-order valence-corrected chi connectivity index (χ3v) is 4.36. The van der Waals surface area contributed by atoms with E-state index in [1.807, 2.05) is 18.2 Å². The summed E-state index contributed by atoms with van der Waals surface area (Å²) in [5.74, 6) is 0.445. The van der Waals surface area contributed by atoms with Crippen LogP contribution in [0.15, 0.2) is 77.4 Å². The van der Waals surface area contributed by atoms with Crippen molar-refractivity contribution in [3.63, 3.8) is 0 Å². The summed E-state index contributed by atoms with van der Waals surface area (Å²) in [5, 5.41) is 3.36. The second-order valence-electron chi connectivity index (χ2n) is 6.40. The molecule has 29 heavy (non-hydrogen) atoms. The molecule has 0 aliphatic rings. The van der Waals surface area contributed by atoms with Gasteiger partial charge >= 0.3 is 0 Å². The third kappa shape index (κ3) is 6.12. The largest absolute Gasteiger partial charge is 0.481 e. The lowest BCUT2D eigenvalue weighted by Gasteiger charge is -2.25. The summed E-state index contributed by atoms with van der Waals surface area (Å²) in [4.78, 5) is 26.9. The quantitative estimate of drug-likeness (QED) is 0.596. The van der Waals surface area contributed by atoms with Gasteiger partial charge in [-0.1, -0.05) is 29.8 Å². The van der Waals surface area contributed by atoms with E-state index in [9.17, 15) is 9.59 Å². The van der Waals surface area contributed by atoms with Crippen LogP contribution in [0.2, 0.25) is 5.02 Å². The third-order valence-electron chi connectivity index (χ3n) is 4.10. The Bertz CT molecular complexity index is 927. The van der Waals surface area contributed by atoms with Gasteiger partial charge in [-0.25, -0.2) is 0 Å². The van der Waals surface area contributed by atoms with E-state index in [2.05, 4.69) is 5.32 Å². The van der Waals surface area contributed by atoms with Gasteiger partial charge in [0, 0.05) is 10.7 Å². The van der Waals surface area contributed by atoms with Gasteiger partial charge in [0.1, 0.15) is 18.1 Å². The van der Waals surface area contributed by atoms with Crippen LogP contribution in [0.25, 0.3) is 0 Å². The van der Waals surface area contributed by atoms with Crippen LogP contribution in [0.5, 0.6) is 5.75 Å². The smallest absolute Gasteiger partial charge is 0.264 e. The number of hydrogen-bond donors (Lipinski definition) is 1. The molecule has 0 fully saturated rings. The number of amides is 2. The predicted octanol–water partition coefficient (Wildman–Crippen LogP) is 4.37. The summed E-state index contributed by atoms with van der Waals surface area (Å²) in [7, 11) is 0. The fraction of sp³-hybridized carbons (Fsp3) is 0.182. The number of anilines is 1.